The Kier molecular flexibility index (Phi) is 3.19. The number of anilines is 2. The molecule has 1 heterocycles. The summed E-state index contributed by atoms with van der Waals surface area (Å²) >= 11 is 0. The van der Waals surface area contributed by atoms with Crippen molar-refractivity contribution in [1.29, 1.82) is 0 Å². The van der Waals surface area contributed by atoms with E-state index >= 15 is 0 Å². The topological polar surface area (TPSA) is 3.24 Å². The Hall–Kier alpha value is -2.54. The van der Waals surface area contributed by atoms with Gasteiger partial charge in [-0.15, -0.1) is 0 Å². The Morgan fingerprint density at radius 1 is 0.773 bits per heavy atom. The first-order valence-electron chi connectivity index (χ1n) is 7.82. The number of para-hydroxylation sites is 2. The van der Waals surface area contributed by atoms with Crippen LogP contribution in [0.5, 0.6) is 0 Å². The second-order valence-corrected chi connectivity index (χ2v) is 5.96. The lowest BCUT2D eigenvalue weighted by molar-refractivity contribution is 0.743. The number of hydrogen-bond acceptors (Lipinski definition) is 1. The van der Waals surface area contributed by atoms with E-state index in [4.69, 9.17) is 0 Å². The molecule has 0 amide bonds. The number of rotatable bonds is 2. The third-order valence-electron chi connectivity index (χ3n) is 4.47. The molecule has 108 valence electrons. The zero-order valence-corrected chi connectivity index (χ0v) is 12.7. The number of nitrogens with zero attached hydrogens (tertiary/aromatic N) is 1. The normalized spacial score (nSPS) is 16.6. The summed E-state index contributed by atoms with van der Waals surface area (Å²) in [5, 5.41) is 0. The van der Waals surface area contributed by atoms with E-state index < -0.39 is 0 Å². The van der Waals surface area contributed by atoms with Crippen molar-refractivity contribution in [2.45, 2.75) is 19.4 Å². The van der Waals surface area contributed by atoms with Gasteiger partial charge in [0, 0.05) is 11.4 Å². The zero-order valence-electron chi connectivity index (χ0n) is 12.7. The lowest BCUT2D eigenvalue weighted by atomic mass is 10.0. The lowest BCUT2D eigenvalue weighted by Crippen LogP contribution is -2.19. The van der Waals surface area contributed by atoms with Gasteiger partial charge in [-0.3, -0.25) is 0 Å². The first-order valence-corrected chi connectivity index (χ1v) is 7.82. The van der Waals surface area contributed by atoms with Gasteiger partial charge >= 0.3 is 0 Å². The van der Waals surface area contributed by atoms with Gasteiger partial charge in [0.2, 0.25) is 0 Å². The molecule has 0 aliphatic carbocycles. The first kappa shape index (κ1) is 13.1. The molecule has 1 atom stereocenters. The highest BCUT2D eigenvalue weighted by molar-refractivity contribution is 5.72. The fourth-order valence-corrected chi connectivity index (χ4v) is 3.35. The molecule has 3 aromatic rings. The third kappa shape index (κ3) is 2.19. The minimum atomic E-state index is 0.375. The number of fused-ring (bicyclic) bond motifs is 1. The van der Waals surface area contributed by atoms with Gasteiger partial charge in [-0.1, -0.05) is 66.2 Å². The summed E-state index contributed by atoms with van der Waals surface area (Å²) < 4.78 is 0. The molecule has 1 unspecified atom stereocenters. The van der Waals surface area contributed by atoms with Crippen LogP contribution in [0.3, 0.4) is 0 Å². The van der Waals surface area contributed by atoms with Crippen LogP contribution >= 0.6 is 0 Å². The summed E-state index contributed by atoms with van der Waals surface area (Å²) in [6, 6.07) is 28.8. The zero-order chi connectivity index (χ0) is 14.9. The Balaban J connectivity index is 1.83. The Morgan fingerprint density at radius 2 is 1.45 bits per heavy atom. The van der Waals surface area contributed by atoms with Gasteiger partial charge in [0.15, 0.2) is 0 Å². The second kappa shape index (κ2) is 5.34. The lowest BCUT2D eigenvalue weighted by Gasteiger charge is -2.28. The molecule has 0 bridgehead atoms. The van der Waals surface area contributed by atoms with Gasteiger partial charge in [-0.25, -0.2) is 0 Å². The number of aryl methyl sites for hydroxylation is 1. The molecular weight excluding hydrogens is 266 g/mol. The van der Waals surface area contributed by atoms with Gasteiger partial charge in [0.25, 0.3) is 0 Å². The fraction of sp³-hybridized carbons (Fsp3) is 0.143. The van der Waals surface area contributed by atoms with Crippen LogP contribution in [0.1, 0.15) is 22.7 Å². The highest BCUT2D eigenvalue weighted by Crippen LogP contribution is 2.45. The molecule has 1 aliphatic heterocycles. The molecule has 1 nitrogen and oxygen atoms in total. The van der Waals surface area contributed by atoms with Gasteiger partial charge in [0.05, 0.1) is 6.04 Å². The summed E-state index contributed by atoms with van der Waals surface area (Å²) in [5.41, 5.74) is 6.71. The van der Waals surface area contributed by atoms with Gasteiger partial charge < -0.3 is 4.90 Å². The van der Waals surface area contributed by atoms with Crippen LogP contribution in [0, 0.1) is 6.92 Å². The quantitative estimate of drug-likeness (QED) is 0.607. The van der Waals surface area contributed by atoms with Crippen LogP contribution in [0.15, 0.2) is 78.9 Å². The number of hydrogen-bond donors (Lipinski definition) is 0. The molecule has 0 fully saturated rings. The maximum atomic E-state index is 2.47. The minimum Gasteiger partial charge on any atom is -0.333 e. The fourth-order valence-electron chi connectivity index (χ4n) is 3.35. The summed E-state index contributed by atoms with van der Waals surface area (Å²) in [7, 11) is 0. The summed E-state index contributed by atoms with van der Waals surface area (Å²) in [6.07, 6.45) is 1.06. The SMILES string of the molecule is Cc1ccc(C2Cc3ccccc3N2c2ccccc2)cc1. The van der Waals surface area contributed by atoms with Crippen LogP contribution in [0.25, 0.3) is 0 Å². The van der Waals surface area contributed by atoms with Crippen LogP contribution in [-0.2, 0) is 6.42 Å². The molecule has 1 aliphatic rings. The van der Waals surface area contributed by atoms with E-state index in [9.17, 15) is 0 Å². The van der Waals surface area contributed by atoms with E-state index in [1.54, 1.807) is 0 Å². The van der Waals surface area contributed by atoms with E-state index in [1.807, 2.05) is 0 Å². The predicted octanol–water partition coefficient (Wildman–Crippen LogP) is 5.43. The average molecular weight is 285 g/mol. The van der Waals surface area contributed by atoms with E-state index in [-0.39, 0.29) is 0 Å². The third-order valence-corrected chi connectivity index (χ3v) is 4.47. The molecule has 0 spiro atoms. The second-order valence-electron chi connectivity index (χ2n) is 5.96. The maximum absolute atomic E-state index is 2.47. The van der Waals surface area contributed by atoms with Crippen molar-refractivity contribution in [2.24, 2.45) is 0 Å². The smallest absolute Gasteiger partial charge is 0.0632 e. The Labute approximate surface area is 131 Å². The van der Waals surface area contributed by atoms with E-state index in [1.165, 1.54) is 28.1 Å². The summed E-state index contributed by atoms with van der Waals surface area (Å²) in [4.78, 5) is 2.47. The monoisotopic (exact) mass is 285 g/mol. The van der Waals surface area contributed by atoms with E-state index in [2.05, 4.69) is 90.7 Å². The van der Waals surface area contributed by atoms with Gasteiger partial charge in [-0.2, -0.15) is 0 Å². The predicted molar refractivity (Wildman–Crippen MR) is 92.6 cm³/mol. The molecule has 1 heteroatoms. The highest BCUT2D eigenvalue weighted by Gasteiger charge is 2.30. The van der Waals surface area contributed by atoms with Crippen molar-refractivity contribution in [3.8, 4) is 0 Å². The van der Waals surface area contributed by atoms with Crippen LogP contribution in [0.2, 0.25) is 0 Å². The van der Waals surface area contributed by atoms with Crippen molar-refractivity contribution in [3.63, 3.8) is 0 Å². The molecule has 4 rings (SSSR count). The Morgan fingerprint density at radius 3 is 2.23 bits per heavy atom. The molecular formula is C21H19N. The van der Waals surface area contributed by atoms with E-state index in [0.29, 0.717) is 6.04 Å². The van der Waals surface area contributed by atoms with Crippen molar-refractivity contribution in [2.75, 3.05) is 4.90 Å². The van der Waals surface area contributed by atoms with Gasteiger partial charge in [-0.05, 0) is 42.7 Å². The van der Waals surface area contributed by atoms with Crippen LogP contribution in [-0.4, -0.2) is 0 Å². The largest absolute Gasteiger partial charge is 0.333 e. The van der Waals surface area contributed by atoms with Crippen molar-refractivity contribution < 1.29 is 0 Å². The molecule has 22 heavy (non-hydrogen) atoms. The molecule has 0 radical (unpaired) electrons. The summed E-state index contributed by atoms with van der Waals surface area (Å²) in [6.45, 7) is 2.14. The minimum absolute atomic E-state index is 0.375. The molecule has 0 saturated heterocycles. The highest BCUT2D eigenvalue weighted by atomic mass is 15.2. The molecule has 0 aromatic heterocycles. The van der Waals surface area contributed by atoms with Crippen molar-refractivity contribution in [3.05, 3.63) is 95.6 Å². The van der Waals surface area contributed by atoms with Crippen LogP contribution < -0.4 is 4.90 Å². The van der Waals surface area contributed by atoms with Crippen molar-refractivity contribution >= 4 is 11.4 Å². The maximum Gasteiger partial charge on any atom is 0.0632 e. The Bertz CT molecular complexity index is 775. The van der Waals surface area contributed by atoms with Gasteiger partial charge in [0.1, 0.15) is 0 Å². The number of benzene rings is 3. The van der Waals surface area contributed by atoms with E-state index in [0.717, 1.165) is 6.42 Å². The molecule has 3 aromatic carbocycles. The average Bonchev–Trinajstić information content (AvgIpc) is 2.96. The standard InChI is InChI=1S/C21H19N/c1-16-11-13-17(14-12-16)21-15-18-7-5-6-10-20(18)22(21)19-8-3-2-4-9-19/h2-14,21H,15H2,1H3. The molecule has 0 N–H and O–H groups in total. The van der Waals surface area contributed by atoms with Crippen LogP contribution in [0.4, 0.5) is 11.4 Å². The summed E-state index contributed by atoms with van der Waals surface area (Å²) in [5.74, 6) is 0. The molecule has 0 saturated carbocycles. The van der Waals surface area contributed by atoms with Crippen molar-refractivity contribution in [1.82, 2.24) is 0 Å². The first-order chi connectivity index (χ1) is 10.8.